The van der Waals surface area contributed by atoms with Crippen molar-refractivity contribution in [3.63, 3.8) is 0 Å². The first-order valence-electron chi connectivity index (χ1n) is 5.28. The van der Waals surface area contributed by atoms with Gasteiger partial charge in [-0.3, -0.25) is 0 Å². The summed E-state index contributed by atoms with van der Waals surface area (Å²) in [6.45, 7) is 10.2. The van der Waals surface area contributed by atoms with Crippen molar-refractivity contribution in [3.8, 4) is 0 Å². The Labute approximate surface area is 83.7 Å². The van der Waals surface area contributed by atoms with E-state index in [2.05, 4.69) is 45.0 Å². The first kappa shape index (κ1) is 12.9. The average Bonchev–Trinajstić information content (AvgIpc) is 2.04. The van der Waals surface area contributed by atoms with E-state index < -0.39 is 0 Å². The maximum atomic E-state index is 3.33. The van der Waals surface area contributed by atoms with Gasteiger partial charge in [-0.1, -0.05) is 0 Å². The minimum Gasteiger partial charge on any atom is -0.315 e. The summed E-state index contributed by atoms with van der Waals surface area (Å²) < 4.78 is 0. The zero-order chi connectivity index (χ0) is 10.5. The fourth-order valence-corrected chi connectivity index (χ4v) is 1.15. The summed E-state index contributed by atoms with van der Waals surface area (Å²) >= 11 is 0. The average molecular weight is 186 g/mol. The van der Waals surface area contributed by atoms with Gasteiger partial charge in [0, 0.05) is 11.6 Å². The predicted octanol–water partition coefficient (Wildman–Crippen LogP) is 2.10. The van der Waals surface area contributed by atoms with E-state index >= 15 is 0 Å². The van der Waals surface area contributed by atoms with Gasteiger partial charge in [0.1, 0.15) is 0 Å². The van der Waals surface area contributed by atoms with Gasteiger partial charge >= 0.3 is 0 Å². The third-order valence-corrected chi connectivity index (χ3v) is 2.87. The third kappa shape index (κ3) is 6.05. The smallest absolute Gasteiger partial charge is 0.0122 e. The Morgan fingerprint density at radius 3 is 2.23 bits per heavy atom. The highest BCUT2D eigenvalue weighted by atomic mass is 15.1. The lowest BCUT2D eigenvalue weighted by atomic mass is 9.99. The minimum absolute atomic E-state index is 0.290. The Balaban J connectivity index is 3.56. The molecule has 0 amide bonds. The zero-order valence-electron chi connectivity index (χ0n) is 10.1. The second-order valence-electron chi connectivity index (χ2n) is 4.81. The summed E-state index contributed by atoms with van der Waals surface area (Å²) in [5.74, 6) is 0. The standard InChI is InChI=1S/C11H26N2/c1-10(2)13(6)9-7-8-11(3,4)12-5/h10,12H,7-9H2,1-6H3. The molecule has 0 heterocycles. The Morgan fingerprint density at radius 1 is 1.31 bits per heavy atom. The first-order chi connectivity index (χ1) is 5.89. The van der Waals surface area contributed by atoms with Crippen LogP contribution in [0.3, 0.4) is 0 Å². The molecular weight excluding hydrogens is 160 g/mol. The van der Waals surface area contributed by atoms with Gasteiger partial charge in [0.2, 0.25) is 0 Å². The molecule has 0 unspecified atom stereocenters. The van der Waals surface area contributed by atoms with Crippen molar-refractivity contribution < 1.29 is 0 Å². The fraction of sp³-hybridized carbons (Fsp3) is 1.00. The van der Waals surface area contributed by atoms with Crippen molar-refractivity contribution in [2.24, 2.45) is 0 Å². The maximum Gasteiger partial charge on any atom is 0.0122 e. The lowest BCUT2D eigenvalue weighted by Crippen LogP contribution is -2.37. The van der Waals surface area contributed by atoms with Crippen molar-refractivity contribution in [1.29, 1.82) is 0 Å². The molecule has 0 aliphatic rings. The van der Waals surface area contributed by atoms with Crippen molar-refractivity contribution in [2.45, 2.75) is 52.1 Å². The Bertz CT molecular complexity index is 130. The highest BCUT2D eigenvalue weighted by molar-refractivity contribution is 4.75. The predicted molar refractivity (Wildman–Crippen MR) is 60.1 cm³/mol. The molecule has 0 aliphatic heterocycles. The van der Waals surface area contributed by atoms with Crippen LogP contribution in [0.2, 0.25) is 0 Å². The van der Waals surface area contributed by atoms with E-state index in [4.69, 9.17) is 0 Å². The van der Waals surface area contributed by atoms with Gasteiger partial charge in [-0.2, -0.15) is 0 Å². The maximum absolute atomic E-state index is 3.33. The van der Waals surface area contributed by atoms with E-state index in [0.29, 0.717) is 6.04 Å². The molecular formula is C11H26N2. The molecule has 0 saturated heterocycles. The molecule has 0 saturated carbocycles. The van der Waals surface area contributed by atoms with Crippen LogP contribution in [0.1, 0.15) is 40.5 Å². The molecule has 0 bridgehead atoms. The number of nitrogens with zero attached hydrogens (tertiary/aromatic N) is 1. The van der Waals surface area contributed by atoms with Crippen LogP contribution in [0, 0.1) is 0 Å². The third-order valence-electron chi connectivity index (χ3n) is 2.87. The Kier molecular flexibility index (Phi) is 5.57. The monoisotopic (exact) mass is 186 g/mol. The van der Waals surface area contributed by atoms with Crippen LogP contribution in [0.4, 0.5) is 0 Å². The van der Waals surface area contributed by atoms with E-state index in [0.717, 1.165) is 0 Å². The zero-order valence-corrected chi connectivity index (χ0v) is 10.1. The number of hydrogen-bond acceptors (Lipinski definition) is 2. The topological polar surface area (TPSA) is 15.3 Å². The molecule has 2 heteroatoms. The quantitative estimate of drug-likeness (QED) is 0.683. The van der Waals surface area contributed by atoms with Gasteiger partial charge < -0.3 is 10.2 Å². The Morgan fingerprint density at radius 2 is 1.85 bits per heavy atom. The SMILES string of the molecule is CNC(C)(C)CCCN(C)C(C)C. The molecule has 0 aromatic rings. The van der Waals surface area contributed by atoms with Crippen LogP contribution in [-0.4, -0.2) is 37.1 Å². The van der Waals surface area contributed by atoms with Gasteiger partial charge in [-0.15, -0.1) is 0 Å². The van der Waals surface area contributed by atoms with Crippen molar-refractivity contribution in [2.75, 3.05) is 20.6 Å². The Hall–Kier alpha value is -0.0800. The highest BCUT2D eigenvalue weighted by Crippen LogP contribution is 2.10. The normalized spacial score (nSPS) is 12.9. The van der Waals surface area contributed by atoms with Crippen molar-refractivity contribution >= 4 is 0 Å². The van der Waals surface area contributed by atoms with E-state index in [-0.39, 0.29) is 5.54 Å². The summed E-state index contributed by atoms with van der Waals surface area (Å²) in [4.78, 5) is 2.39. The van der Waals surface area contributed by atoms with Gasteiger partial charge in [-0.05, 0) is 61.2 Å². The van der Waals surface area contributed by atoms with E-state index in [1.54, 1.807) is 0 Å². The lowest BCUT2D eigenvalue weighted by molar-refractivity contribution is 0.253. The summed E-state index contributed by atoms with van der Waals surface area (Å²) in [6, 6.07) is 0.665. The van der Waals surface area contributed by atoms with Crippen LogP contribution < -0.4 is 5.32 Å². The van der Waals surface area contributed by atoms with Crippen LogP contribution in [0.15, 0.2) is 0 Å². The van der Waals surface area contributed by atoms with Gasteiger partial charge in [0.25, 0.3) is 0 Å². The largest absolute Gasteiger partial charge is 0.315 e. The summed E-state index contributed by atoms with van der Waals surface area (Å²) in [6.07, 6.45) is 2.50. The van der Waals surface area contributed by atoms with Crippen LogP contribution in [0.5, 0.6) is 0 Å². The van der Waals surface area contributed by atoms with Gasteiger partial charge in [0.05, 0.1) is 0 Å². The highest BCUT2D eigenvalue weighted by Gasteiger charge is 2.14. The summed E-state index contributed by atoms with van der Waals surface area (Å²) in [7, 11) is 4.23. The van der Waals surface area contributed by atoms with Gasteiger partial charge in [-0.25, -0.2) is 0 Å². The molecule has 2 nitrogen and oxygen atoms in total. The van der Waals surface area contributed by atoms with Crippen LogP contribution >= 0.6 is 0 Å². The first-order valence-corrected chi connectivity index (χ1v) is 5.28. The molecule has 1 N–H and O–H groups in total. The molecule has 0 atom stereocenters. The molecule has 0 rings (SSSR count). The minimum atomic E-state index is 0.290. The molecule has 13 heavy (non-hydrogen) atoms. The van der Waals surface area contributed by atoms with E-state index in [1.165, 1.54) is 19.4 Å². The van der Waals surface area contributed by atoms with Crippen LogP contribution in [-0.2, 0) is 0 Å². The second-order valence-corrected chi connectivity index (χ2v) is 4.81. The number of rotatable bonds is 6. The number of hydrogen-bond donors (Lipinski definition) is 1. The summed E-state index contributed by atoms with van der Waals surface area (Å²) in [5, 5.41) is 3.33. The molecule has 0 aromatic heterocycles. The van der Waals surface area contributed by atoms with Crippen molar-refractivity contribution in [3.05, 3.63) is 0 Å². The summed E-state index contributed by atoms with van der Waals surface area (Å²) in [5.41, 5.74) is 0.290. The molecule has 0 spiro atoms. The lowest BCUT2D eigenvalue weighted by Gasteiger charge is -2.26. The van der Waals surface area contributed by atoms with E-state index in [9.17, 15) is 0 Å². The molecule has 0 aromatic carbocycles. The van der Waals surface area contributed by atoms with E-state index in [1.807, 2.05) is 7.05 Å². The molecule has 80 valence electrons. The second kappa shape index (κ2) is 5.61. The van der Waals surface area contributed by atoms with Crippen LogP contribution in [0.25, 0.3) is 0 Å². The fourth-order valence-electron chi connectivity index (χ4n) is 1.15. The van der Waals surface area contributed by atoms with Gasteiger partial charge in [0.15, 0.2) is 0 Å². The molecule has 0 fully saturated rings. The van der Waals surface area contributed by atoms with Crippen molar-refractivity contribution in [1.82, 2.24) is 10.2 Å². The molecule has 0 radical (unpaired) electrons. The number of nitrogens with one attached hydrogen (secondary N) is 1. The molecule has 0 aliphatic carbocycles.